The van der Waals surface area contributed by atoms with Crippen molar-refractivity contribution in [3.8, 4) is 16.9 Å². The second-order valence-corrected chi connectivity index (χ2v) is 12.6. The molecule has 2 aromatic rings. The van der Waals surface area contributed by atoms with Gasteiger partial charge in [-0.2, -0.15) is 0 Å². The lowest BCUT2D eigenvalue weighted by molar-refractivity contribution is -0.135. The van der Waals surface area contributed by atoms with Gasteiger partial charge in [-0.1, -0.05) is 12.1 Å². The number of hydroxylamine groups is 1. The molecule has 0 aliphatic carbocycles. The van der Waals surface area contributed by atoms with Gasteiger partial charge in [0.1, 0.15) is 12.4 Å². The van der Waals surface area contributed by atoms with Gasteiger partial charge in [0.25, 0.3) is 11.5 Å². The monoisotopic (exact) mass is 563 g/mol. The lowest BCUT2D eigenvalue weighted by Gasteiger charge is -2.31. The van der Waals surface area contributed by atoms with Gasteiger partial charge in [0, 0.05) is 38.2 Å². The van der Waals surface area contributed by atoms with Gasteiger partial charge in [-0.15, -0.1) is 0 Å². The molecule has 11 nitrogen and oxygen atoms in total. The van der Waals surface area contributed by atoms with Crippen LogP contribution in [0, 0.1) is 5.92 Å². The summed E-state index contributed by atoms with van der Waals surface area (Å²) in [6.45, 7) is 2.72. The number of sulfone groups is 1. The Labute approximate surface area is 228 Å². The molecule has 0 bridgehead atoms. The van der Waals surface area contributed by atoms with E-state index in [-0.39, 0.29) is 24.4 Å². The lowest BCUT2D eigenvalue weighted by Crippen LogP contribution is -2.49. The molecule has 39 heavy (non-hydrogen) atoms. The van der Waals surface area contributed by atoms with Gasteiger partial charge < -0.3 is 19.3 Å². The number of carbonyl (C=O) groups is 2. The standard InChI is InChI=1S/C27H37N3O8S/c1-27(26(34)28-35,39(2,36)37)12-16-30-15-11-22(18-24(30)32)21-5-7-23(8-6-21)38-17-3-4-20-9-13-29(14-10-20)25(33)19-31/h5-8,11,15,18,20,31,35H,3-4,9-10,12-14,16-17,19H2,1-2H3,(H,28,34)/t27-/m1/s1. The number of rotatable bonds is 12. The predicted molar refractivity (Wildman–Crippen MR) is 145 cm³/mol. The Bertz CT molecular complexity index is 1300. The van der Waals surface area contributed by atoms with Crippen molar-refractivity contribution in [3.05, 3.63) is 52.9 Å². The molecule has 3 N–H and O–H groups in total. The summed E-state index contributed by atoms with van der Waals surface area (Å²) in [7, 11) is -3.85. The van der Waals surface area contributed by atoms with E-state index in [2.05, 4.69) is 0 Å². The number of nitrogens with one attached hydrogen (secondary N) is 1. The van der Waals surface area contributed by atoms with E-state index in [1.54, 1.807) is 17.2 Å². The zero-order chi connectivity index (χ0) is 28.6. The molecule has 214 valence electrons. The lowest BCUT2D eigenvalue weighted by atomic mass is 9.92. The smallest absolute Gasteiger partial charge is 0.264 e. The summed E-state index contributed by atoms with van der Waals surface area (Å²) in [5.74, 6) is 0.0166. The number of carbonyl (C=O) groups excluding carboxylic acids is 2. The highest BCUT2D eigenvalue weighted by Gasteiger charge is 2.43. The molecule has 1 aliphatic rings. The molecule has 12 heteroatoms. The van der Waals surface area contributed by atoms with Crippen LogP contribution in [-0.4, -0.2) is 77.3 Å². The fourth-order valence-electron chi connectivity index (χ4n) is 4.67. The number of amides is 2. The maximum Gasteiger partial charge on any atom is 0.264 e. The van der Waals surface area contributed by atoms with Crippen molar-refractivity contribution in [2.45, 2.75) is 50.3 Å². The first-order valence-corrected chi connectivity index (χ1v) is 14.8. The number of ether oxygens (including phenoxy) is 1. The molecule has 2 heterocycles. The first-order chi connectivity index (χ1) is 18.5. The molecule has 0 saturated carbocycles. The Kier molecular flexibility index (Phi) is 10.3. The highest BCUT2D eigenvalue weighted by atomic mass is 32.2. The Morgan fingerprint density at radius 1 is 1.13 bits per heavy atom. The number of aryl methyl sites for hydroxylation is 1. The number of likely N-dealkylation sites (tertiary alicyclic amines) is 1. The molecule has 1 aromatic carbocycles. The van der Waals surface area contributed by atoms with Crippen LogP contribution in [-0.2, 0) is 26.0 Å². The quantitative estimate of drug-likeness (QED) is 0.200. The third-order valence-electron chi connectivity index (χ3n) is 7.54. The summed E-state index contributed by atoms with van der Waals surface area (Å²) < 4.78 is 29.6. The topological polar surface area (TPSA) is 155 Å². The minimum Gasteiger partial charge on any atom is -0.494 e. The predicted octanol–water partition coefficient (Wildman–Crippen LogP) is 1.60. The molecular formula is C27H37N3O8S. The van der Waals surface area contributed by atoms with Gasteiger partial charge >= 0.3 is 0 Å². The summed E-state index contributed by atoms with van der Waals surface area (Å²) in [5.41, 5.74) is 2.56. The van der Waals surface area contributed by atoms with E-state index in [9.17, 15) is 22.8 Å². The van der Waals surface area contributed by atoms with E-state index >= 15 is 0 Å². The first kappa shape index (κ1) is 30.3. The molecule has 0 unspecified atom stereocenters. The van der Waals surface area contributed by atoms with Gasteiger partial charge in [0.05, 0.1) is 6.61 Å². The average Bonchev–Trinajstić information content (AvgIpc) is 2.93. The Balaban J connectivity index is 1.50. The first-order valence-electron chi connectivity index (χ1n) is 12.9. The zero-order valence-electron chi connectivity index (χ0n) is 22.3. The average molecular weight is 564 g/mol. The number of pyridine rings is 1. The van der Waals surface area contributed by atoms with Crippen LogP contribution in [0.2, 0.25) is 0 Å². The number of hydrogen-bond donors (Lipinski definition) is 3. The summed E-state index contributed by atoms with van der Waals surface area (Å²) in [6, 6.07) is 10.6. The van der Waals surface area contributed by atoms with E-state index in [1.807, 2.05) is 24.3 Å². The van der Waals surface area contributed by atoms with Gasteiger partial charge in [-0.05, 0) is 74.3 Å². The summed E-state index contributed by atoms with van der Waals surface area (Å²) in [4.78, 5) is 37.9. The van der Waals surface area contributed by atoms with Crippen LogP contribution in [0.25, 0.3) is 11.1 Å². The molecule has 2 amide bonds. The second-order valence-electron chi connectivity index (χ2n) is 10.1. The van der Waals surface area contributed by atoms with Crippen LogP contribution in [0.3, 0.4) is 0 Å². The maximum atomic E-state index is 12.7. The van der Waals surface area contributed by atoms with E-state index < -0.39 is 27.1 Å². The van der Waals surface area contributed by atoms with E-state index in [1.165, 1.54) is 23.0 Å². The molecule has 1 fully saturated rings. The van der Waals surface area contributed by atoms with Gasteiger partial charge in [0.15, 0.2) is 14.6 Å². The fraction of sp³-hybridized carbons (Fsp3) is 0.519. The molecule has 3 rings (SSSR count). The Morgan fingerprint density at radius 2 is 1.79 bits per heavy atom. The summed E-state index contributed by atoms with van der Waals surface area (Å²) >= 11 is 0. The highest BCUT2D eigenvalue weighted by molar-refractivity contribution is 7.92. The van der Waals surface area contributed by atoms with Crippen LogP contribution < -0.4 is 15.8 Å². The zero-order valence-corrected chi connectivity index (χ0v) is 23.2. The number of piperidine rings is 1. The normalized spacial score (nSPS) is 15.9. The molecule has 1 aromatic heterocycles. The van der Waals surface area contributed by atoms with Crippen molar-refractivity contribution < 1.29 is 33.1 Å². The van der Waals surface area contributed by atoms with Crippen LogP contribution in [0.1, 0.15) is 39.0 Å². The van der Waals surface area contributed by atoms with Gasteiger partial charge in [0.2, 0.25) is 5.91 Å². The minimum atomic E-state index is -3.85. The van der Waals surface area contributed by atoms with Gasteiger partial charge in [-0.3, -0.25) is 19.6 Å². The van der Waals surface area contributed by atoms with E-state index in [0.29, 0.717) is 31.2 Å². The number of benzene rings is 1. The van der Waals surface area contributed by atoms with Crippen LogP contribution >= 0.6 is 0 Å². The second kappa shape index (κ2) is 13.2. The van der Waals surface area contributed by atoms with Crippen molar-refractivity contribution in [1.29, 1.82) is 0 Å². The van der Waals surface area contributed by atoms with E-state index in [4.69, 9.17) is 15.1 Å². The molecule has 1 atom stereocenters. The van der Waals surface area contributed by atoms with Crippen molar-refractivity contribution in [1.82, 2.24) is 14.9 Å². The SMILES string of the molecule is C[C@@](CCn1ccc(-c2ccc(OCCCC3CCN(C(=O)CO)CC3)cc2)cc1=O)(C(=O)NO)S(C)(=O)=O. The minimum absolute atomic E-state index is 0.0250. The third-order valence-corrected chi connectivity index (χ3v) is 9.57. The van der Waals surface area contributed by atoms with Crippen molar-refractivity contribution in [2.24, 2.45) is 5.92 Å². The van der Waals surface area contributed by atoms with E-state index in [0.717, 1.165) is 43.3 Å². The largest absolute Gasteiger partial charge is 0.494 e. The van der Waals surface area contributed by atoms with Crippen molar-refractivity contribution >= 4 is 21.7 Å². The van der Waals surface area contributed by atoms with Gasteiger partial charge in [-0.25, -0.2) is 13.9 Å². The molecule has 1 saturated heterocycles. The number of aliphatic hydroxyl groups excluding tert-OH is 1. The Morgan fingerprint density at radius 3 is 2.36 bits per heavy atom. The number of aliphatic hydroxyl groups is 1. The molecule has 0 spiro atoms. The number of hydrogen-bond acceptors (Lipinski definition) is 8. The number of aromatic nitrogens is 1. The van der Waals surface area contributed by atoms with Crippen LogP contribution in [0.15, 0.2) is 47.4 Å². The van der Waals surface area contributed by atoms with Crippen molar-refractivity contribution in [3.63, 3.8) is 0 Å². The summed E-state index contributed by atoms with van der Waals surface area (Å²) in [6.07, 6.45) is 6.07. The van der Waals surface area contributed by atoms with Crippen molar-refractivity contribution in [2.75, 3.05) is 32.6 Å². The molecule has 1 aliphatic heterocycles. The summed E-state index contributed by atoms with van der Waals surface area (Å²) in [5, 5.41) is 17.9. The fourth-order valence-corrected chi connectivity index (χ4v) is 5.51. The highest BCUT2D eigenvalue weighted by Crippen LogP contribution is 2.25. The number of nitrogens with zero attached hydrogens (tertiary/aromatic N) is 2. The maximum absolute atomic E-state index is 12.7. The third kappa shape index (κ3) is 7.68. The van der Waals surface area contributed by atoms with Crippen LogP contribution in [0.4, 0.5) is 0 Å². The molecule has 0 radical (unpaired) electrons. The van der Waals surface area contributed by atoms with Crippen LogP contribution in [0.5, 0.6) is 5.75 Å². The molecular weight excluding hydrogens is 526 g/mol. The Hall–Kier alpha value is -3.22.